The van der Waals surface area contributed by atoms with E-state index in [2.05, 4.69) is 10.5 Å². The predicted octanol–water partition coefficient (Wildman–Crippen LogP) is 0.395. The van der Waals surface area contributed by atoms with Gasteiger partial charge in [0, 0.05) is 30.9 Å². The lowest BCUT2D eigenvalue weighted by molar-refractivity contribution is -0.384. The van der Waals surface area contributed by atoms with Crippen molar-refractivity contribution < 1.29 is 24.1 Å². The van der Waals surface area contributed by atoms with Gasteiger partial charge in [0.25, 0.3) is 17.5 Å². The average Bonchev–Trinajstić information content (AvgIpc) is 2.59. The van der Waals surface area contributed by atoms with Crippen molar-refractivity contribution in [1.82, 2.24) is 4.90 Å². The number of hydrogen-bond donors (Lipinski definition) is 1. The third-order valence-corrected chi connectivity index (χ3v) is 3.14. The van der Waals surface area contributed by atoms with Gasteiger partial charge in [0.2, 0.25) is 0 Å². The zero-order valence-electron chi connectivity index (χ0n) is 12.7. The van der Waals surface area contributed by atoms with Crippen LogP contribution in [0.15, 0.2) is 29.4 Å². The molecule has 128 valence electrons. The van der Waals surface area contributed by atoms with Crippen LogP contribution in [0.1, 0.15) is 0 Å². The lowest BCUT2D eigenvalue weighted by atomic mass is 10.3. The van der Waals surface area contributed by atoms with E-state index < -0.39 is 10.8 Å². The van der Waals surface area contributed by atoms with Gasteiger partial charge in [-0.25, -0.2) is 0 Å². The maximum atomic E-state index is 11.7. The summed E-state index contributed by atoms with van der Waals surface area (Å²) in [5.41, 5.74) is 0.299. The van der Waals surface area contributed by atoms with E-state index in [0.29, 0.717) is 32.0 Å². The first-order valence-electron chi connectivity index (χ1n) is 7.12. The van der Waals surface area contributed by atoms with E-state index in [-0.39, 0.29) is 18.2 Å². The number of nitrogens with zero attached hydrogens (tertiary/aromatic N) is 3. The predicted molar refractivity (Wildman–Crippen MR) is 83.6 cm³/mol. The van der Waals surface area contributed by atoms with E-state index in [9.17, 15) is 19.7 Å². The largest absolute Gasteiger partial charge is 0.386 e. The van der Waals surface area contributed by atoms with E-state index in [0.717, 1.165) is 6.21 Å². The molecule has 0 aromatic heterocycles. The second-order valence-corrected chi connectivity index (χ2v) is 4.79. The Bertz CT molecular complexity index is 625. The minimum atomic E-state index is -0.581. The van der Waals surface area contributed by atoms with Crippen molar-refractivity contribution in [3.8, 4) is 0 Å². The summed E-state index contributed by atoms with van der Waals surface area (Å²) >= 11 is 0. The maximum absolute atomic E-state index is 11.7. The zero-order chi connectivity index (χ0) is 17.4. The van der Waals surface area contributed by atoms with Gasteiger partial charge in [-0.15, -0.1) is 0 Å². The van der Waals surface area contributed by atoms with Crippen LogP contribution in [0.25, 0.3) is 0 Å². The molecule has 1 aliphatic rings. The summed E-state index contributed by atoms with van der Waals surface area (Å²) in [6.07, 6.45) is 0.883. The molecule has 0 atom stereocenters. The highest BCUT2D eigenvalue weighted by Gasteiger charge is 2.16. The van der Waals surface area contributed by atoms with Gasteiger partial charge in [-0.2, -0.15) is 0 Å². The van der Waals surface area contributed by atoms with E-state index in [4.69, 9.17) is 9.57 Å². The van der Waals surface area contributed by atoms with Crippen molar-refractivity contribution in [2.24, 2.45) is 5.16 Å². The Balaban J connectivity index is 1.72. The van der Waals surface area contributed by atoms with Crippen LogP contribution in [-0.4, -0.2) is 60.8 Å². The van der Waals surface area contributed by atoms with Gasteiger partial charge in [0.15, 0.2) is 6.61 Å². The van der Waals surface area contributed by atoms with Crippen molar-refractivity contribution in [3.05, 3.63) is 34.4 Å². The molecule has 0 spiro atoms. The molecular weight excluding hydrogens is 320 g/mol. The number of amides is 2. The van der Waals surface area contributed by atoms with Crippen LogP contribution in [0.4, 0.5) is 11.4 Å². The van der Waals surface area contributed by atoms with Gasteiger partial charge < -0.3 is 19.8 Å². The summed E-state index contributed by atoms with van der Waals surface area (Å²) in [6, 6.07) is 5.33. The molecule has 0 unspecified atom stereocenters. The molecule has 0 radical (unpaired) electrons. The molecule has 1 N–H and O–H groups in total. The fourth-order valence-corrected chi connectivity index (χ4v) is 1.92. The first-order valence-corrected chi connectivity index (χ1v) is 7.12. The molecule has 2 rings (SSSR count). The second kappa shape index (κ2) is 8.58. The molecule has 24 heavy (non-hydrogen) atoms. The number of carbonyl (C=O) groups is 2. The normalized spacial score (nSPS) is 14.4. The van der Waals surface area contributed by atoms with Gasteiger partial charge in [0.05, 0.1) is 18.1 Å². The van der Waals surface area contributed by atoms with E-state index >= 15 is 0 Å². The van der Waals surface area contributed by atoms with Crippen LogP contribution in [0.2, 0.25) is 0 Å². The number of rotatable bonds is 6. The lowest BCUT2D eigenvalue weighted by Crippen LogP contribution is -2.42. The highest BCUT2D eigenvalue weighted by molar-refractivity contribution is 6.31. The average molecular weight is 336 g/mol. The molecular formula is C14H16N4O6. The summed E-state index contributed by atoms with van der Waals surface area (Å²) in [4.78, 5) is 39.7. The summed E-state index contributed by atoms with van der Waals surface area (Å²) in [5.74, 6) is -0.811. The second-order valence-electron chi connectivity index (χ2n) is 4.79. The molecule has 1 fully saturated rings. The number of nitro benzene ring substituents is 1. The van der Waals surface area contributed by atoms with E-state index in [1.807, 2.05) is 0 Å². The first kappa shape index (κ1) is 17.3. The number of oxime groups is 1. The minimum absolute atomic E-state index is 0.0772. The maximum Gasteiger partial charge on any atom is 0.270 e. The van der Waals surface area contributed by atoms with Crippen molar-refractivity contribution >= 4 is 29.4 Å². The Morgan fingerprint density at radius 3 is 2.62 bits per heavy atom. The smallest absolute Gasteiger partial charge is 0.270 e. The number of ether oxygens (including phenoxy) is 1. The molecule has 0 bridgehead atoms. The van der Waals surface area contributed by atoms with Gasteiger partial charge in [-0.05, 0) is 12.1 Å². The van der Waals surface area contributed by atoms with Crippen molar-refractivity contribution in [3.63, 3.8) is 0 Å². The lowest BCUT2D eigenvalue weighted by Gasteiger charge is -2.26. The number of anilines is 1. The van der Waals surface area contributed by atoms with Crippen LogP contribution in [0.3, 0.4) is 0 Å². The summed E-state index contributed by atoms with van der Waals surface area (Å²) in [7, 11) is 0. The molecule has 1 aromatic carbocycles. The molecule has 10 heteroatoms. The van der Waals surface area contributed by atoms with Gasteiger partial charge in [-0.1, -0.05) is 5.16 Å². The Morgan fingerprint density at radius 1 is 1.33 bits per heavy atom. The number of hydrogen-bond acceptors (Lipinski definition) is 7. The number of benzene rings is 1. The summed E-state index contributed by atoms with van der Waals surface area (Å²) in [6.45, 7) is 1.74. The molecule has 1 aliphatic heterocycles. The number of nitrogens with one attached hydrogen (secondary N) is 1. The molecule has 1 aromatic rings. The third kappa shape index (κ3) is 5.32. The van der Waals surface area contributed by atoms with E-state index in [1.165, 1.54) is 24.3 Å². The molecule has 0 aliphatic carbocycles. The quantitative estimate of drug-likeness (QED) is 0.455. The number of morpholine rings is 1. The topological polar surface area (TPSA) is 123 Å². The Kier molecular flexibility index (Phi) is 6.20. The molecule has 0 saturated carbocycles. The Morgan fingerprint density at radius 2 is 2.00 bits per heavy atom. The van der Waals surface area contributed by atoms with Crippen LogP contribution >= 0.6 is 0 Å². The molecule has 1 heterocycles. The van der Waals surface area contributed by atoms with Gasteiger partial charge in [0.1, 0.15) is 6.21 Å². The monoisotopic (exact) mass is 336 g/mol. The van der Waals surface area contributed by atoms with Crippen molar-refractivity contribution in [1.29, 1.82) is 0 Å². The molecule has 2 amide bonds. The summed E-state index contributed by atoms with van der Waals surface area (Å²) in [5, 5.41) is 16.4. The first-order chi connectivity index (χ1) is 11.6. The third-order valence-electron chi connectivity index (χ3n) is 3.14. The highest BCUT2D eigenvalue weighted by Crippen LogP contribution is 2.14. The number of non-ortho nitro benzene ring substituents is 1. The number of nitro groups is 1. The summed E-state index contributed by atoms with van der Waals surface area (Å²) < 4.78 is 5.13. The van der Waals surface area contributed by atoms with Crippen LogP contribution in [0, 0.1) is 10.1 Å². The van der Waals surface area contributed by atoms with Crippen LogP contribution < -0.4 is 5.32 Å². The SMILES string of the molecule is O=C(/C=N/OCC(=O)N1CCOCC1)Nc1ccc([N+](=O)[O-])cc1. The Hall–Kier alpha value is -3.01. The number of carbonyl (C=O) groups excluding carboxylic acids is 2. The van der Waals surface area contributed by atoms with E-state index in [1.54, 1.807) is 4.90 Å². The fourth-order valence-electron chi connectivity index (χ4n) is 1.92. The van der Waals surface area contributed by atoms with Crippen LogP contribution in [-0.2, 0) is 19.2 Å². The van der Waals surface area contributed by atoms with Crippen molar-refractivity contribution in [2.45, 2.75) is 0 Å². The highest BCUT2D eigenvalue weighted by atomic mass is 16.6. The molecule has 10 nitrogen and oxygen atoms in total. The van der Waals surface area contributed by atoms with Crippen LogP contribution in [0.5, 0.6) is 0 Å². The van der Waals surface area contributed by atoms with Gasteiger partial charge in [-0.3, -0.25) is 19.7 Å². The van der Waals surface area contributed by atoms with Gasteiger partial charge >= 0.3 is 0 Å². The molecule has 1 saturated heterocycles. The Labute approximate surface area is 137 Å². The zero-order valence-corrected chi connectivity index (χ0v) is 12.7. The minimum Gasteiger partial charge on any atom is -0.386 e. The standard InChI is InChI=1S/C14H16N4O6/c19-13(16-11-1-3-12(4-2-11)18(21)22)9-15-24-10-14(20)17-5-7-23-8-6-17/h1-4,9H,5-8,10H2,(H,16,19)/b15-9+. The fraction of sp³-hybridized carbons (Fsp3) is 0.357. The van der Waals surface area contributed by atoms with Crippen molar-refractivity contribution in [2.75, 3.05) is 38.2 Å².